The number of alkyl halides is 2. The molecule has 0 aliphatic carbocycles. The Morgan fingerprint density at radius 1 is 1.31 bits per heavy atom. The second kappa shape index (κ2) is 7.42. The van der Waals surface area contributed by atoms with Gasteiger partial charge in [-0.05, 0) is 24.3 Å². The van der Waals surface area contributed by atoms with Gasteiger partial charge in [-0.15, -0.1) is 0 Å². The van der Waals surface area contributed by atoms with Gasteiger partial charge in [0.1, 0.15) is 17.7 Å². The highest BCUT2D eigenvalue weighted by Crippen LogP contribution is 2.26. The summed E-state index contributed by atoms with van der Waals surface area (Å²) >= 11 is 5.63. The predicted molar refractivity (Wildman–Crippen MR) is 93.3 cm³/mol. The second-order valence-electron chi connectivity index (χ2n) is 5.09. The highest BCUT2D eigenvalue weighted by molar-refractivity contribution is 6.30. The number of nitrogens with one attached hydrogen (secondary N) is 1. The number of rotatable bonds is 4. The van der Waals surface area contributed by atoms with Gasteiger partial charge < -0.3 is 4.84 Å². The van der Waals surface area contributed by atoms with Crippen LogP contribution in [0.25, 0.3) is 11.0 Å². The molecule has 2 aromatic heterocycles. The maximum absolute atomic E-state index is 13.5. The Kier molecular flexibility index (Phi) is 5.05. The van der Waals surface area contributed by atoms with Gasteiger partial charge in [-0.25, -0.2) is 14.9 Å². The summed E-state index contributed by atoms with van der Waals surface area (Å²) in [5.74, 6) is 4.89. The fraction of sp³-hybridized carbons (Fsp3) is 0.0556. The summed E-state index contributed by atoms with van der Waals surface area (Å²) in [5, 5.41) is 0.372. The van der Waals surface area contributed by atoms with E-state index in [0.717, 1.165) is 0 Å². The van der Waals surface area contributed by atoms with E-state index >= 15 is 0 Å². The van der Waals surface area contributed by atoms with E-state index in [0.29, 0.717) is 26.8 Å². The van der Waals surface area contributed by atoms with Crippen molar-refractivity contribution in [2.75, 3.05) is 5.48 Å². The third-order valence-electron chi connectivity index (χ3n) is 3.40. The summed E-state index contributed by atoms with van der Waals surface area (Å²) in [4.78, 5) is 8.86. The number of fused-ring (bicyclic) bond motifs is 1. The quantitative estimate of drug-likeness (QED) is 0.390. The smallest absolute Gasteiger partial charge is 0.320 e. The molecule has 1 aromatic carbocycles. The van der Waals surface area contributed by atoms with Crippen LogP contribution in [0.2, 0.25) is 5.02 Å². The summed E-state index contributed by atoms with van der Waals surface area (Å²) < 4.78 is 40.7. The molecule has 3 aromatic rings. The molecule has 132 valence electrons. The molecule has 0 aliphatic rings. The third kappa shape index (κ3) is 3.60. The first-order chi connectivity index (χ1) is 12.5. The number of hydrogen-bond donors (Lipinski definition) is 1. The summed E-state index contributed by atoms with van der Waals surface area (Å²) in [6, 6.07) is 5.65. The molecule has 0 bridgehead atoms. The number of benzene rings is 1. The molecule has 0 saturated heterocycles. The predicted octanol–water partition coefficient (Wildman–Crippen LogP) is 5.11. The molecule has 2 heterocycles. The van der Waals surface area contributed by atoms with E-state index in [9.17, 15) is 13.2 Å². The standard InChI is InChI=1S/C18H11ClF3N3O/c1-2-26-24-13-8-14-12(10-25(18(21)22)17(14)23-9-13)5-3-11-4-6-15(19)16(20)7-11/h2,4,6-10,18,24H,1H2. The van der Waals surface area contributed by atoms with E-state index in [4.69, 9.17) is 16.4 Å². The number of anilines is 1. The fourth-order valence-corrected chi connectivity index (χ4v) is 2.38. The van der Waals surface area contributed by atoms with Crippen molar-refractivity contribution in [1.29, 1.82) is 0 Å². The molecule has 0 spiro atoms. The zero-order valence-corrected chi connectivity index (χ0v) is 13.9. The molecule has 0 amide bonds. The molecule has 4 nitrogen and oxygen atoms in total. The van der Waals surface area contributed by atoms with Crippen molar-refractivity contribution < 1.29 is 18.0 Å². The van der Waals surface area contributed by atoms with Crippen molar-refractivity contribution in [3.63, 3.8) is 0 Å². The minimum absolute atomic E-state index is 0.0213. The maximum Gasteiger partial charge on any atom is 0.320 e. The lowest BCUT2D eigenvalue weighted by atomic mass is 10.2. The van der Waals surface area contributed by atoms with Gasteiger partial charge in [-0.2, -0.15) is 8.78 Å². The highest BCUT2D eigenvalue weighted by Gasteiger charge is 2.15. The highest BCUT2D eigenvalue weighted by atomic mass is 35.5. The normalized spacial score (nSPS) is 10.5. The zero-order chi connectivity index (χ0) is 18.7. The van der Waals surface area contributed by atoms with E-state index in [1.807, 2.05) is 0 Å². The number of hydrogen-bond acceptors (Lipinski definition) is 3. The Hall–Kier alpha value is -3.11. The minimum Gasteiger partial charge on any atom is -0.391 e. The lowest BCUT2D eigenvalue weighted by Gasteiger charge is -2.05. The van der Waals surface area contributed by atoms with Crippen LogP contribution in [0.15, 0.2) is 49.5 Å². The lowest BCUT2D eigenvalue weighted by Crippen LogP contribution is -1.98. The van der Waals surface area contributed by atoms with Gasteiger partial charge in [0, 0.05) is 17.1 Å². The number of nitrogens with zero attached hydrogens (tertiary/aromatic N) is 2. The summed E-state index contributed by atoms with van der Waals surface area (Å²) in [6.07, 6.45) is 3.71. The SMILES string of the molecule is C=CONc1cnc2c(c1)c(C#Cc1ccc(Cl)c(F)c1)cn2C(F)F. The van der Waals surface area contributed by atoms with Crippen molar-refractivity contribution in [2.24, 2.45) is 0 Å². The summed E-state index contributed by atoms with van der Waals surface area (Å²) in [6.45, 7) is 0.608. The Labute approximate surface area is 151 Å². The van der Waals surface area contributed by atoms with E-state index in [1.165, 1.54) is 36.9 Å². The summed E-state index contributed by atoms with van der Waals surface area (Å²) in [5.41, 5.74) is 3.72. The van der Waals surface area contributed by atoms with Crippen molar-refractivity contribution in [1.82, 2.24) is 9.55 Å². The Balaban J connectivity index is 2.07. The van der Waals surface area contributed by atoms with Gasteiger partial charge in [0.05, 0.1) is 22.5 Å². The first kappa shape index (κ1) is 17.7. The van der Waals surface area contributed by atoms with Crippen molar-refractivity contribution >= 4 is 28.3 Å². The van der Waals surface area contributed by atoms with Gasteiger partial charge in [0.2, 0.25) is 0 Å². The van der Waals surface area contributed by atoms with Crippen LogP contribution in [0.4, 0.5) is 18.9 Å². The monoisotopic (exact) mass is 377 g/mol. The zero-order valence-electron chi connectivity index (χ0n) is 13.1. The largest absolute Gasteiger partial charge is 0.391 e. The van der Waals surface area contributed by atoms with Crippen molar-refractivity contribution in [3.05, 3.63) is 71.5 Å². The Morgan fingerprint density at radius 3 is 2.81 bits per heavy atom. The average molecular weight is 378 g/mol. The number of pyridine rings is 1. The van der Waals surface area contributed by atoms with Gasteiger partial charge in [0.15, 0.2) is 0 Å². The second-order valence-corrected chi connectivity index (χ2v) is 5.50. The van der Waals surface area contributed by atoms with E-state index < -0.39 is 12.4 Å². The van der Waals surface area contributed by atoms with Crippen LogP contribution in [0.5, 0.6) is 0 Å². The topological polar surface area (TPSA) is 39.1 Å². The first-order valence-corrected chi connectivity index (χ1v) is 7.65. The van der Waals surface area contributed by atoms with Gasteiger partial charge in [0.25, 0.3) is 0 Å². The molecule has 26 heavy (non-hydrogen) atoms. The Bertz CT molecular complexity index is 1040. The van der Waals surface area contributed by atoms with Crippen molar-refractivity contribution in [3.8, 4) is 11.8 Å². The molecule has 0 saturated carbocycles. The van der Waals surface area contributed by atoms with E-state index in [1.54, 1.807) is 6.07 Å². The number of halogens is 4. The molecular formula is C18H11ClF3N3O. The summed E-state index contributed by atoms with van der Waals surface area (Å²) in [7, 11) is 0. The molecule has 0 unspecified atom stereocenters. The molecular weight excluding hydrogens is 367 g/mol. The van der Waals surface area contributed by atoms with Crippen LogP contribution in [-0.4, -0.2) is 9.55 Å². The minimum atomic E-state index is -2.78. The van der Waals surface area contributed by atoms with Crippen LogP contribution in [0, 0.1) is 17.7 Å². The average Bonchev–Trinajstić information content (AvgIpc) is 2.99. The molecule has 0 radical (unpaired) electrons. The molecule has 0 aliphatic heterocycles. The fourth-order valence-electron chi connectivity index (χ4n) is 2.26. The van der Waals surface area contributed by atoms with Gasteiger partial charge in [-0.3, -0.25) is 4.57 Å². The molecule has 1 N–H and O–H groups in total. The first-order valence-electron chi connectivity index (χ1n) is 7.28. The van der Waals surface area contributed by atoms with Crippen LogP contribution in [0.1, 0.15) is 17.7 Å². The van der Waals surface area contributed by atoms with Gasteiger partial charge >= 0.3 is 6.55 Å². The molecule has 3 rings (SSSR count). The van der Waals surface area contributed by atoms with Crippen LogP contribution >= 0.6 is 11.6 Å². The molecule has 8 heteroatoms. The van der Waals surface area contributed by atoms with Crippen LogP contribution in [-0.2, 0) is 4.84 Å². The van der Waals surface area contributed by atoms with Gasteiger partial charge in [-0.1, -0.05) is 30.0 Å². The number of aromatic nitrogens is 2. The third-order valence-corrected chi connectivity index (χ3v) is 3.71. The van der Waals surface area contributed by atoms with E-state index in [2.05, 4.69) is 28.9 Å². The van der Waals surface area contributed by atoms with E-state index in [-0.39, 0.29) is 10.7 Å². The molecule has 0 atom stereocenters. The lowest BCUT2D eigenvalue weighted by molar-refractivity contribution is 0.0746. The maximum atomic E-state index is 13.5. The Morgan fingerprint density at radius 2 is 2.12 bits per heavy atom. The van der Waals surface area contributed by atoms with Crippen LogP contribution in [0.3, 0.4) is 0 Å². The molecule has 0 fully saturated rings. The van der Waals surface area contributed by atoms with Crippen molar-refractivity contribution in [2.45, 2.75) is 6.55 Å². The van der Waals surface area contributed by atoms with Crippen LogP contribution < -0.4 is 5.48 Å².